The largest absolute Gasteiger partial charge is 0.423 e. The van der Waals surface area contributed by atoms with Crippen molar-refractivity contribution in [3.8, 4) is 5.75 Å². The molecule has 0 N–H and O–H groups in total. The first-order valence-corrected chi connectivity index (χ1v) is 7.30. The molecule has 0 fully saturated rings. The zero-order chi connectivity index (χ0) is 15.0. The second-order valence-electron chi connectivity index (χ2n) is 4.52. The van der Waals surface area contributed by atoms with Crippen LogP contribution in [0.15, 0.2) is 47.2 Å². The van der Waals surface area contributed by atoms with Crippen LogP contribution in [-0.2, 0) is 7.05 Å². The van der Waals surface area contributed by atoms with Crippen LogP contribution in [0.5, 0.6) is 5.75 Å². The van der Waals surface area contributed by atoms with Gasteiger partial charge in [-0.15, -0.1) is 0 Å². The topological polar surface area (TPSA) is 44.1 Å². The van der Waals surface area contributed by atoms with Gasteiger partial charge in [-0.25, -0.2) is 9.78 Å². The first-order chi connectivity index (χ1) is 10.0. The quantitative estimate of drug-likeness (QED) is 0.505. The van der Waals surface area contributed by atoms with Crippen LogP contribution in [0.2, 0.25) is 5.02 Å². The molecule has 3 aromatic rings. The van der Waals surface area contributed by atoms with Gasteiger partial charge < -0.3 is 9.30 Å². The second kappa shape index (κ2) is 5.50. The molecule has 1 heterocycles. The fourth-order valence-corrected chi connectivity index (χ4v) is 2.55. The highest BCUT2D eigenvalue weighted by molar-refractivity contribution is 9.10. The van der Waals surface area contributed by atoms with Crippen molar-refractivity contribution in [2.45, 2.75) is 0 Å². The minimum atomic E-state index is -0.503. The Hall–Kier alpha value is -1.85. The lowest BCUT2D eigenvalue weighted by molar-refractivity contribution is 0.0735. The number of carbonyl (C=O) groups is 1. The number of benzene rings is 2. The number of halogens is 2. The third kappa shape index (κ3) is 2.80. The van der Waals surface area contributed by atoms with E-state index in [0.29, 0.717) is 16.3 Å². The number of hydrogen-bond donors (Lipinski definition) is 0. The maximum Gasteiger partial charge on any atom is 0.345 e. The van der Waals surface area contributed by atoms with Crippen molar-refractivity contribution in [2.24, 2.45) is 7.05 Å². The number of carbonyl (C=O) groups excluding carboxylic acids is 1. The Kier molecular flexibility index (Phi) is 3.69. The predicted octanol–water partition coefficient (Wildman–Crippen LogP) is 4.21. The number of fused-ring (bicyclic) bond motifs is 1. The third-order valence-electron chi connectivity index (χ3n) is 3.06. The molecule has 0 spiro atoms. The van der Waals surface area contributed by atoms with Crippen molar-refractivity contribution >= 4 is 44.5 Å². The van der Waals surface area contributed by atoms with E-state index in [0.717, 1.165) is 15.5 Å². The van der Waals surface area contributed by atoms with Gasteiger partial charge in [-0.3, -0.25) is 0 Å². The van der Waals surface area contributed by atoms with Gasteiger partial charge in [-0.1, -0.05) is 27.5 Å². The standard InChI is InChI=1S/C15H10BrClN2O2/c1-19-8-18-13-7-10(3-5-14(13)19)21-15(20)11-6-9(16)2-4-12(11)17/h2-8H,1H3. The normalized spacial score (nSPS) is 10.8. The molecule has 0 radical (unpaired) electrons. The molecule has 2 aromatic carbocycles. The van der Waals surface area contributed by atoms with Gasteiger partial charge in [0.2, 0.25) is 0 Å². The molecule has 6 heteroatoms. The average molecular weight is 366 g/mol. The minimum absolute atomic E-state index is 0.312. The molecule has 3 rings (SSSR count). The van der Waals surface area contributed by atoms with E-state index in [1.165, 1.54) is 0 Å². The van der Waals surface area contributed by atoms with Crippen LogP contribution in [0.4, 0.5) is 0 Å². The van der Waals surface area contributed by atoms with Crippen LogP contribution in [0.1, 0.15) is 10.4 Å². The summed E-state index contributed by atoms with van der Waals surface area (Å²) in [6.07, 6.45) is 1.71. The van der Waals surface area contributed by atoms with Crippen LogP contribution in [-0.4, -0.2) is 15.5 Å². The minimum Gasteiger partial charge on any atom is -0.423 e. The first kappa shape index (κ1) is 14.1. The van der Waals surface area contributed by atoms with Gasteiger partial charge in [0.15, 0.2) is 0 Å². The van der Waals surface area contributed by atoms with E-state index < -0.39 is 5.97 Å². The Bertz CT molecular complexity index is 845. The molecular formula is C15H10BrClN2O2. The van der Waals surface area contributed by atoms with Gasteiger partial charge in [0.05, 0.1) is 27.9 Å². The summed E-state index contributed by atoms with van der Waals surface area (Å²) in [4.78, 5) is 16.4. The highest BCUT2D eigenvalue weighted by Crippen LogP contribution is 2.24. The van der Waals surface area contributed by atoms with E-state index in [2.05, 4.69) is 20.9 Å². The number of hydrogen-bond acceptors (Lipinski definition) is 3. The summed E-state index contributed by atoms with van der Waals surface area (Å²) in [6.45, 7) is 0. The molecule has 0 amide bonds. The number of rotatable bonds is 2. The van der Waals surface area contributed by atoms with Crippen LogP contribution < -0.4 is 4.74 Å². The molecule has 0 bridgehead atoms. The Labute approximate surface area is 134 Å². The SMILES string of the molecule is Cn1cnc2cc(OC(=O)c3cc(Br)ccc3Cl)ccc21. The van der Waals surface area contributed by atoms with Crippen LogP contribution in [0.25, 0.3) is 11.0 Å². The Morgan fingerprint density at radius 2 is 2.10 bits per heavy atom. The molecule has 4 nitrogen and oxygen atoms in total. The zero-order valence-electron chi connectivity index (χ0n) is 11.0. The van der Waals surface area contributed by atoms with Crippen molar-refractivity contribution in [2.75, 3.05) is 0 Å². The number of nitrogens with zero attached hydrogens (tertiary/aromatic N) is 2. The zero-order valence-corrected chi connectivity index (χ0v) is 13.4. The summed E-state index contributed by atoms with van der Waals surface area (Å²) in [5.74, 6) is -0.0705. The lowest BCUT2D eigenvalue weighted by Gasteiger charge is -2.06. The van der Waals surface area contributed by atoms with E-state index in [9.17, 15) is 4.79 Å². The lowest BCUT2D eigenvalue weighted by atomic mass is 10.2. The van der Waals surface area contributed by atoms with Gasteiger partial charge in [0, 0.05) is 17.6 Å². The summed E-state index contributed by atoms with van der Waals surface area (Å²) in [5.41, 5.74) is 2.05. The smallest absolute Gasteiger partial charge is 0.345 e. The van der Waals surface area contributed by atoms with E-state index in [1.54, 1.807) is 36.7 Å². The number of imidazole rings is 1. The number of esters is 1. The summed E-state index contributed by atoms with van der Waals surface area (Å²) in [5, 5.41) is 0.349. The molecular weight excluding hydrogens is 356 g/mol. The van der Waals surface area contributed by atoms with Crippen molar-refractivity contribution in [1.82, 2.24) is 9.55 Å². The molecule has 21 heavy (non-hydrogen) atoms. The van der Waals surface area contributed by atoms with Gasteiger partial charge in [-0.2, -0.15) is 0 Å². The molecule has 1 aromatic heterocycles. The molecule has 0 aliphatic heterocycles. The fraction of sp³-hybridized carbons (Fsp3) is 0.0667. The predicted molar refractivity (Wildman–Crippen MR) is 84.8 cm³/mol. The fourth-order valence-electron chi connectivity index (χ4n) is 2.00. The third-order valence-corrected chi connectivity index (χ3v) is 3.88. The van der Waals surface area contributed by atoms with Crippen molar-refractivity contribution in [3.05, 3.63) is 57.8 Å². The summed E-state index contributed by atoms with van der Waals surface area (Å²) < 4.78 is 8.02. The van der Waals surface area contributed by atoms with E-state index in [1.807, 2.05) is 17.7 Å². The lowest BCUT2D eigenvalue weighted by Crippen LogP contribution is -2.09. The Balaban J connectivity index is 1.90. The molecule has 0 atom stereocenters. The summed E-state index contributed by atoms with van der Waals surface area (Å²) in [7, 11) is 1.91. The van der Waals surface area contributed by atoms with Crippen LogP contribution in [0, 0.1) is 0 Å². The molecule has 0 saturated heterocycles. The van der Waals surface area contributed by atoms with Crippen LogP contribution in [0.3, 0.4) is 0 Å². The van der Waals surface area contributed by atoms with Gasteiger partial charge in [0.25, 0.3) is 0 Å². The summed E-state index contributed by atoms with van der Waals surface area (Å²) in [6, 6.07) is 10.3. The van der Waals surface area contributed by atoms with Crippen molar-refractivity contribution in [3.63, 3.8) is 0 Å². The second-order valence-corrected chi connectivity index (χ2v) is 5.84. The van der Waals surface area contributed by atoms with E-state index in [4.69, 9.17) is 16.3 Å². The van der Waals surface area contributed by atoms with Gasteiger partial charge >= 0.3 is 5.97 Å². The average Bonchev–Trinajstić information content (AvgIpc) is 2.82. The van der Waals surface area contributed by atoms with Crippen molar-refractivity contribution < 1.29 is 9.53 Å². The van der Waals surface area contributed by atoms with Gasteiger partial charge in [-0.05, 0) is 30.3 Å². The Morgan fingerprint density at radius 3 is 2.90 bits per heavy atom. The molecule has 0 unspecified atom stereocenters. The molecule has 106 valence electrons. The van der Waals surface area contributed by atoms with Gasteiger partial charge in [0.1, 0.15) is 5.75 Å². The maximum atomic E-state index is 12.2. The number of aromatic nitrogens is 2. The Morgan fingerprint density at radius 1 is 1.29 bits per heavy atom. The monoisotopic (exact) mass is 364 g/mol. The molecule has 0 saturated carbocycles. The molecule has 0 aliphatic carbocycles. The number of aryl methyl sites for hydroxylation is 1. The summed E-state index contributed by atoms with van der Waals surface area (Å²) >= 11 is 9.32. The van der Waals surface area contributed by atoms with E-state index in [-0.39, 0.29) is 0 Å². The maximum absolute atomic E-state index is 12.2. The van der Waals surface area contributed by atoms with E-state index >= 15 is 0 Å². The first-order valence-electron chi connectivity index (χ1n) is 6.13. The van der Waals surface area contributed by atoms with Crippen LogP contribution >= 0.6 is 27.5 Å². The highest BCUT2D eigenvalue weighted by atomic mass is 79.9. The highest BCUT2D eigenvalue weighted by Gasteiger charge is 2.14. The van der Waals surface area contributed by atoms with Crippen molar-refractivity contribution in [1.29, 1.82) is 0 Å². The molecule has 0 aliphatic rings. The number of ether oxygens (including phenoxy) is 1.